The number of pyridine rings is 1. The van der Waals surface area contributed by atoms with Crippen LogP contribution in [-0.2, 0) is 6.42 Å². The molecule has 13 heavy (non-hydrogen) atoms. The monoisotopic (exact) mass is 176 g/mol. The summed E-state index contributed by atoms with van der Waals surface area (Å²) < 4.78 is 0. The maximum atomic E-state index is 4.43. The first kappa shape index (κ1) is 8.70. The van der Waals surface area contributed by atoms with Crippen LogP contribution >= 0.6 is 0 Å². The second-order valence-corrected chi connectivity index (χ2v) is 3.63. The van der Waals surface area contributed by atoms with Crippen LogP contribution in [0.3, 0.4) is 0 Å². The number of hydrogen-bond acceptors (Lipinski definition) is 2. The van der Waals surface area contributed by atoms with Crippen LogP contribution < -0.4 is 5.32 Å². The third-order valence-corrected chi connectivity index (χ3v) is 2.73. The third kappa shape index (κ3) is 1.89. The first-order valence-electron chi connectivity index (χ1n) is 5.05. The molecule has 1 aliphatic heterocycles. The Balaban J connectivity index is 2.18. The Morgan fingerprint density at radius 3 is 3.23 bits per heavy atom. The van der Waals surface area contributed by atoms with Gasteiger partial charge in [-0.1, -0.05) is 6.92 Å². The molecule has 0 radical (unpaired) electrons. The van der Waals surface area contributed by atoms with Gasteiger partial charge in [-0.25, -0.2) is 0 Å². The highest BCUT2D eigenvalue weighted by molar-refractivity contribution is 5.20. The van der Waals surface area contributed by atoms with Gasteiger partial charge in [0.1, 0.15) is 0 Å². The van der Waals surface area contributed by atoms with E-state index in [1.807, 2.05) is 6.20 Å². The quantitative estimate of drug-likeness (QED) is 0.742. The topological polar surface area (TPSA) is 24.9 Å². The van der Waals surface area contributed by atoms with Gasteiger partial charge in [0, 0.05) is 24.4 Å². The summed E-state index contributed by atoms with van der Waals surface area (Å²) in [5.41, 5.74) is 2.67. The number of hydrogen-bond donors (Lipinski definition) is 1. The summed E-state index contributed by atoms with van der Waals surface area (Å²) >= 11 is 0. The van der Waals surface area contributed by atoms with Crippen LogP contribution in [0, 0.1) is 0 Å². The fraction of sp³-hybridized carbons (Fsp3) is 0.545. The van der Waals surface area contributed by atoms with E-state index >= 15 is 0 Å². The highest BCUT2D eigenvalue weighted by Crippen LogP contribution is 2.20. The Kier molecular flexibility index (Phi) is 2.60. The molecule has 70 valence electrons. The molecule has 0 saturated carbocycles. The molecule has 2 heteroatoms. The Labute approximate surface area is 79.4 Å². The van der Waals surface area contributed by atoms with Crippen LogP contribution in [-0.4, -0.2) is 18.1 Å². The van der Waals surface area contributed by atoms with Gasteiger partial charge < -0.3 is 5.32 Å². The molecule has 0 aliphatic carbocycles. The Hall–Kier alpha value is -0.890. The summed E-state index contributed by atoms with van der Waals surface area (Å²) in [5.74, 6) is 0.645. The van der Waals surface area contributed by atoms with E-state index in [9.17, 15) is 0 Å². The van der Waals surface area contributed by atoms with Gasteiger partial charge >= 0.3 is 0 Å². The van der Waals surface area contributed by atoms with Crippen molar-refractivity contribution in [3.05, 3.63) is 29.6 Å². The van der Waals surface area contributed by atoms with Crippen LogP contribution in [0.2, 0.25) is 0 Å². The lowest BCUT2D eigenvalue weighted by Crippen LogP contribution is -2.09. The Bertz CT molecular complexity index is 277. The molecular formula is C11H16N2. The highest BCUT2D eigenvalue weighted by atomic mass is 14.9. The molecule has 1 aromatic heterocycles. The van der Waals surface area contributed by atoms with E-state index < -0.39 is 0 Å². The van der Waals surface area contributed by atoms with Gasteiger partial charge in [0.15, 0.2) is 0 Å². The number of rotatable bonds is 2. The molecule has 0 bridgehead atoms. The molecule has 1 aliphatic rings. The molecule has 0 aromatic carbocycles. The summed E-state index contributed by atoms with van der Waals surface area (Å²) in [6.45, 7) is 4.43. The molecule has 1 saturated heterocycles. The fourth-order valence-electron chi connectivity index (χ4n) is 1.84. The van der Waals surface area contributed by atoms with Gasteiger partial charge in [0.05, 0.1) is 0 Å². The van der Waals surface area contributed by atoms with Crippen molar-refractivity contribution in [2.45, 2.75) is 25.7 Å². The predicted octanol–water partition coefficient (Wildman–Crippen LogP) is 1.72. The molecule has 2 heterocycles. The lowest BCUT2D eigenvalue weighted by Gasteiger charge is -2.08. The molecule has 0 spiro atoms. The third-order valence-electron chi connectivity index (χ3n) is 2.73. The zero-order valence-electron chi connectivity index (χ0n) is 8.09. The smallest absolute Gasteiger partial charge is 0.0450 e. The van der Waals surface area contributed by atoms with Crippen molar-refractivity contribution in [2.75, 3.05) is 13.1 Å². The average molecular weight is 176 g/mol. The molecule has 1 aromatic rings. The maximum Gasteiger partial charge on any atom is 0.0450 e. The van der Waals surface area contributed by atoms with Crippen LogP contribution in [0.1, 0.15) is 30.5 Å². The summed E-state index contributed by atoms with van der Waals surface area (Å²) in [7, 11) is 0. The van der Waals surface area contributed by atoms with E-state index in [-0.39, 0.29) is 0 Å². The van der Waals surface area contributed by atoms with Crippen LogP contribution in [0.25, 0.3) is 0 Å². The zero-order chi connectivity index (χ0) is 9.10. The minimum absolute atomic E-state index is 0.645. The summed E-state index contributed by atoms with van der Waals surface area (Å²) in [6.07, 6.45) is 4.28. The van der Waals surface area contributed by atoms with E-state index in [1.54, 1.807) is 0 Å². The minimum Gasteiger partial charge on any atom is -0.316 e. The van der Waals surface area contributed by atoms with Crippen LogP contribution in [0.15, 0.2) is 18.3 Å². The minimum atomic E-state index is 0.645. The van der Waals surface area contributed by atoms with Crippen LogP contribution in [0.4, 0.5) is 0 Å². The number of nitrogens with zero attached hydrogens (tertiary/aromatic N) is 1. The molecule has 2 rings (SSSR count). The second kappa shape index (κ2) is 3.88. The lowest BCUT2D eigenvalue weighted by atomic mass is 10.0. The Morgan fingerprint density at radius 2 is 2.54 bits per heavy atom. The van der Waals surface area contributed by atoms with Gasteiger partial charge in [-0.3, -0.25) is 4.98 Å². The van der Waals surface area contributed by atoms with Gasteiger partial charge in [0.25, 0.3) is 0 Å². The van der Waals surface area contributed by atoms with Crippen molar-refractivity contribution in [1.29, 1.82) is 0 Å². The van der Waals surface area contributed by atoms with E-state index in [1.165, 1.54) is 17.7 Å². The summed E-state index contributed by atoms with van der Waals surface area (Å²) in [5, 5.41) is 3.37. The molecule has 1 fully saturated rings. The molecule has 1 atom stereocenters. The maximum absolute atomic E-state index is 4.43. The lowest BCUT2D eigenvalue weighted by molar-refractivity contribution is 0.732. The van der Waals surface area contributed by atoms with Gasteiger partial charge in [-0.05, 0) is 37.1 Å². The van der Waals surface area contributed by atoms with Gasteiger partial charge in [-0.15, -0.1) is 0 Å². The van der Waals surface area contributed by atoms with Crippen LogP contribution in [0.5, 0.6) is 0 Å². The molecule has 0 amide bonds. The number of nitrogens with one attached hydrogen (secondary N) is 1. The first-order chi connectivity index (χ1) is 6.40. The summed E-state index contributed by atoms with van der Waals surface area (Å²) in [4.78, 5) is 4.43. The predicted molar refractivity (Wildman–Crippen MR) is 53.8 cm³/mol. The van der Waals surface area contributed by atoms with Crippen molar-refractivity contribution in [3.8, 4) is 0 Å². The van der Waals surface area contributed by atoms with Crippen molar-refractivity contribution in [2.24, 2.45) is 0 Å². The van der Waals surface area contributed by atoms with Crippen molar-refractivity contribution in [1.82, 2.24) is 10.3 Å². The van der Waals surface area contributed by atoms with Gasteiger partial charge in [0.2, 0.25) is 0 Å². The van der Waals surface area contributed by atoms with Crippen molar-refractivity contribution >= 4 is 0 Å². The normalized spacial score (nSPS) is 22.1. The van der Waals surface area contributed by atoms with E-state index in [4.69, 9.17) is 0 Å². The van der Waals surface area contributed by atoms with Gasteiger partial charge in [-0.2, -0.15) is 0 Å². The largest absolute Gasteiger partial charge is 0.316 e. The van der Waals surface area contributed by atoms with E-state index in [0.717, 1.165) is 19.5 Å². The van der Waals surface area contributed by atoms with E-state index in [2.05, 4.69) is 29.4 Å². The fourth-order valence-corrected chi connectivity index (χ4v) is 1.84. The van der Waals surface area contributed by atoms with Crippen molar-refractivity contribution < 1.29 is 0 Å². The molecular weight excluding hydrogens is 160 g/mol. The molecule has 1 unspecified atom stereocenters. The average Bonchev–Trinajstić information content (AvgIpc) is 2.71. The molecule has 1 N–H and O–H groups in total. The zero-order valence-corrected chi connectivity index (χ0v) is 8.09. The second-order valence-electron chi connectivity index (χ2n) is 3.63. The van der Waals surface area contributed by atoms with E-state index in [0.29, 0.717) is 5.92 Å². The SMILES string of the molecule is CCc1ccnc(C2CCNC2)c1. The summed E-state index contributed by atoms with van der Waals surface area (Å²) in [6, 6.07) is 4.35. The standard InChI is InChI=1S/C11H16N2/c1-2-9-3-6-13-11(7-9)10-4-5-12-8-10/h3,6-7,10,12H,2,4-5,8H2,1H3. The highest BCUT2D eigenvalue weighted by Gasteiger charge is 2.17. The Morgan fingerprint density at radius 1 is 1.62 bits per heavy atom. The van der Waals surface area contributed by atoms with Crippen molar-refractivity contribution in [3.63, 3.8) is 0 Å². The number of aromatic nitrogens is 1. The number of aryl methyl sites for hydroxylation is 1. The molecule has 2 nitrogen and oxygen atoms in total. The first-order valence-corrected chi connectivity index (χ1v) is 5.05.